The molecule has 1 unspecified atom stereocenters. The molecule has 3 nitrogen and oxygen atoms in total. The lowest BCUT2D eigenvalue weighted by Crippen LogP contribution is -2.47. The zero-order valence-corrected chi connectivity index (χ0v) is 10.7. The van der Waals surface area contributed by atoms with E-state index in [0.717, 1.165) is 19.5 Å². The van der Waals surface area contributed by atoms with Crippen molar-refractivity contribution in [3.8, 4) is 6.07 Å². The minimum Gasteiger partial charge on any atom is -0.313 e. The van der Waals surface area contributed by atoms with E-state index in [1.807, 2.05) is 0 Å². The first-order valence-corrected chi connectivity index (χ1v) is 6.58. The Morgan fingerprint density at radius 3 is 2.94 bits per heavy atom. The maximum Gasteiger partial charge on any atom is 0.0622 e. The molecule has 1 saturated heterocycles. The van der Waals surface area contributed by atoms with E-state index in [9.17, 15) is 0 Å². The second kappa shape index (κ2) is 7.65. The highest BCUT2D eigenvalue weighted by Gasteiger charge is 2.21. The predicted molar refractivity (Wildman–Crippen MR) is 67.2 cm³/mol. The Kier molecular flexibility index (Phi) is 6.44. The van der Waals surface area contributed by atoms with E-state index < -0.39 is 0 Å². The number of nitriles is 1. The average Bonchev–Trinajstić information content (AvgIpc) is 2.28. The molecule has 3 heteroatoms. The second-order valence-corrected chi connectivity index (χ2v) is 5.01. The van der Waals surface area contributed by atoms with Gasteiger partial charge in [-0.05, 0) is 32.4 Å². The van der Waals surface area contributed by atoms with Crippen LogP contribution in [0.15, 0.2) is 0 Å². The van der Waals surface area contributed by atoms with Crippen molar-refractivity contribution in [1.29, 1.82) is 5.26 Å². The molecule has 1 atom stereocenters. The highest BCUT2D eigenvalue weighted by atomic mass is 15.2. The molecule has 0 radical (unpaired) electrons. The zero-order chi connectivity index (χ0) is 11.8. The SMILES string of the molecule is CC(C)NCC1CCCCN1CCCC#N. The summed E-state index contributed by atoms with van der Waals surface area (Å²) >= 11 is 0. The molecule has 0 bridgehead atoms. The van der Waals surface area contributed by atoms with Crippen LogP contribution in [0.1, 0.15) is 46.0 Å². The summed E-state index contributed by atoms with van der Waals surface area (Å²) in [6.07, 6.45) is 5.71. The topological polar surface area (TPSA) is 39.1 Å². The minimum absolute atomic E-state index is 0.572. The highest BCUT2D eigenvalue weighted by molar-refractivity contribution is 4.80. The van der Waals surface area contributed by atoms with Crippen LogP contribution in [-0.4, -0.2) is 36.6 Å². The van der Waals surface area contributed by atoms with Crippen molar-refractivity contribution < 1.29 is 0 Å². The fourth-order valence-electron chi connectivity index (χ4n) is 2.32. The number of unbranched alkanes of at least 4 members (excludes halogenated alkanes) is 1. The van der Waals surface area contributed by atoms with Crippen molar-refractivity contribution in [2.24, 2.45) is 0 Å². The number of likely N-dealkylation sites (tertiary alicyclic amines) is 1. The quantitative estimate of drug-likeness (QED) is 0.701. The van der Waals surface area contributed by atoms with Gasteiger partial charge in [-0.3, -0.25) is 4.90 Å². The lowest BCUT2D eigenvalue weighted by atomic mass is 10.0. The Balaban J connectivity index is 2.29. The summed E-state index contributed by atoms with van der Waals surface area (Å²) in [5, 5.41) is 12.1. The maximum atomic E-state index is 8.56. The van der Waals surface area contributed by atoms with Crippen molar-refractivity contribution in [2.45, 2.75) is 58.0 Å². The van der Waals surface area contributed by atoms with Gasteiger partial charge >= 0.3 is 0 Å². The van der Waals surface area contributed by atoms with Gasteiger partial charge in [0.2, 0.25) is 0 Å². The number of hydrogen-bond acceptors (Lipinski definition) is 3. The van der Waals surface area contributed by atoms with E-state index in [1.165, 1.54) is 25.8 Å². The van der Waals surface area contributed by atoms with E-state index in [1.54, 1.807) is 0 Å². The molecular formula is C13H25N3. The molecule has 0 aliphatic carbocycles. The largest absolute Gasteiger partial charge is 0.313 e. The molecule has 1 aliphatic heterocycles. The Morgan fingerprint density at radius 2 is 2.25 bits per heavy atom. The molecule has 0 amide bonds. The van der Waals surface area contributed by atoms with Crippen molar-refractivity contribution in [1.82, 2.24) is 10.2 Å². The van der Waals surface area contributed by atoms with Crippen molar-refractivity contribution in [2.75, 3.05) is 19.6 Å². The zero-order valence-electron chi connectivity index (χ0n) is 10.7. The van der Waals surface area contributed by atoms with E-state index in [0.29, 0.717) is 18.5 Å². The second-order valence-electron chi connectivity index (χ2n) is 5.01. The lowest BCUT2D eigenvalue weighted by Gasteiger charge is -2.36. The van der Waals surface area contributed by atoms with Crippen molar-refractivity contribution in [3.63, 3.8) is 0 Å². The van der Waals surface area contributed by atoms with Crippen LogP contribution >= 0.6 is 0 Å². The first-order valence-electron chi connectivity index (χ1n) is 6.58. The molecule has 16 heavy (non-hydrogen) atoms. The monoisotopic (exact) mass is 223 g/mol. The third kappa shape index (κ3) is 4.96. The molecule has 92 valence electrons. The van der Waals surface area contributed by atoms with Crippen LogP contribution in [0.2, 0.25) is 0 Å². The molecule has 0 saturated carbocycles. The van der Waals surface area contributed by atoms with Gasteiger partial charge in [0.15, 0.2) is 0 Å². The molecule has 1 heterocycles. The average molecular weight is 223 g/mol. The van der Waals surface area contributed by atoms with Gasteiger partial charge in [0, 0.05) is 25.0 Å². The number of rotatable bonds is 6. The van der Waals surface area contributed by atoms with Gasteiger partial charge in [-0.2, -0.15) is 5.26 Å². The molecule has 0 spiro atoms. The van der Waals surface area contributed by atoms with Crippen LogP contribution in [0.4, 0.5) is 0 Å². The standard InChI is InChI=1S/C13H25N3/c1-12(2)15-11-13-7-3-5-9-16(13)10-6-4-8-14/h12-13,15H,3-7,9-11H2,1-2H3. The van der Waals surface area contributed by atoms with E-state index in [4.69, 9.17) is 5.26 Å². The van der Waals surface area contributed by atoms with Crippen LogP contribution in [0, 0.1) is 11.3 Å². The van der Waals surface area contributed by atoms with Gasteiger partial charge in [0.05, 0.1) is 6.07 Å². The molecule has 0 aromatic heterocycles. The molecule has 0 aromatic rings. The van der Waals surface area contributed by atoms with E-state index >= 15 is 0 Å². The third-order valence-electron chi connectivity index (χ3n) is 3.24. The summed E-state index contributed by atoms with van der Waals surface area (Å²) in [7, 11) is 0. The molecule has 0 aromatic carbocycles. The fourth-order valence-corrected chi connectivity index (χ4v) is 2.32. The predicted octanol–water partition coefficient (Wildman–Crippen LogP) is 2.14. The van der Waals surface area contributed by atoms with Crippen LogP contribution in [0.3, 0.4) is 0 Å². The Hall–Kier alpha value is -0.590. The van der Waals surface area contributed by atoms with Crippen molar-refractivity contribution in [3.05, 3.63) is 0 Å². The van der Waals surface area contributed by atoms with Crippen LogP contribution in [0.25, 0.3) is 0 Å². The summed E-state index contributed by atoms with van der Waals surface area (Å²) in [5.41, 5.74) is 0. The van der Waals surface area contributed by atoms with Gasteiger partial charge in [-0.15, -0.1) is 0 Å². The van der Waals surface area contributed by atoms with Gasteiger partial charge in [0.1, 0.15) is 0 Å². The molecule has 1 N–H and O–H groups in total. The summed E-state index contributed by atoms with van der Waals surface area (Å²) in [6, 6.07) is 3.49. The highest BCUT2D eigenvalue weighted by Crippen LogP contribution is 2.17. The summed E-state index contributed by atoms with van der Waals surface area (Å²) < 4.78 is 0. The van der Waals surface area contributed by atoms with Gasteiger partial charge in [-0.25, -0.2) is 0 Å². The Morgan fingerprint density at radius 1 is 1.44 bits per heavy atom. The van der Waals surface area contributed by atoms with E-state index in [-0.39, 0.29) is 0 Å². The van der Waals surface area contributed by atoms with E-state index in [2.05, 4.69) is 30.1 Å². The number of nitrogens with one attached hydrogen (secondary N) is 1. The molecule has 1 fully saturated rings. The summed E-state index contributed by atoms with van der Waals surface area (Å²) in [4.78, 5) is 2.57. The summed E-state index contributed by atoms with van der Waals surface area (Å²) in [5.74, 6) is 0. The first-order chi connectivity index (χ1) is 7.74. The Labute approximate surface area is 99.8 Å². The van der Waals surface area contributed by atoms with Gasteiger partial charge in [-0.1, -0.05) is 20.3 Å². The minimum atomic E-state index is 0.572. The first kappa shape index (κ1) is 13.5. The molecular weight excluding hydrogens is 198 g/mol. The smallest absolute Gasteiger partial charge is 0.0622 e. The summed E-state index contributed by atoms with van der Waals surface area (Å²) in [6.45, 7) is 7.81. The van der Waals surface area contributed by atoms with Crippen molar-refractivity contribution >= 4 is 0 Å². The van der Waals surface area contributed by atoms with Crippen LogP contribution < -0.4 is 5.32 Å². The van der Waals surface area contributed by atoms with Crippen LogP contribution in [-0.2, 0) is 0 Å². The number of piperidine rings is 1. The van der Waals surface area contributed by atoms with Gasteiger partial charge in [0.25, 0.3) is 0 Å². The normalized spacial score (nSPS) is 22.2. The Bertz CT molecular complexity index is 220. The van der Waals surface area contributed by atoms with Crippen LogP contribution in [0.5, 0.6) is 0 Å². The fraction of sp³-hybridized carbons (Fsp3) is 0.923. The van der Waals surface area contributed by atoms with Gasteiger partial charge < -0.3 is 5.32 Å². The number of hydrogen-bond donors (Lipinski definition) is 1. The number of nitrogens with zero attached hydrogens (tertiary/aromatic N) is 2. The third-order valence-corrected chi connectivity index (χ3v) is 3.24. The lowest BCUT2D eigenvalue weighted by molar-refractivity contribution is 0.142. The maximum absolute atomic E-state index is 8.56. The molecule has 1 rings (SSSR count). The molecule has 1 aliphatic rings.